The van der Waals surface area contributed by atoms with Crippen LogP contribution in [0.2, 0.25) is 5.02 Å². The fraction of sp³-hybridized carbons (Fsp3) is 0.353. The Kier molecular flexibility index (Phi) is 6.81. The molecule has 8 heteroatoms. The molecule has 2 aromatic rings. The summed E-state index contributed by atoms with van der Waals surface area (Å²) in [5, 5.41) is 3.64. The van der Waals surface area contributed by atoms with E-state index in [-0.39, 0.29) is 24.9 Å². The van der Waals surface area contributed by atoms with Crippen LogP contribution >= 0.6 is 24.0 Å². The van der Waals surface area contributed by atoms with Gasteiger partial charge in [0.25, 0.3) is 5.88 Å². The van der Waals surface area contributed by atoms with Gasteiger partial charge < -0.3 is 15.0 Å². The first-order chi connectivity index (χ1) is 11.5. The Bertz CT molecular complexity index is 733. The molecule has 25 heavy (non-hydrogen) atoms. The first-order valence-electron chi connectivity index (χ1n) is 7.74. The van der Waals surface area contributed by atoms with Gasteiger partial charge in [-0.3, -0.25) is 0 Å². The number of benzene rings is 1. The summed E-state index contributed by atoms with van der Waals surface area (Å²) >= 11 is 5.71. The van der Waals surface area contributed by atoms with Crippen molar-refractivity contribution in [1.29, 1.82) is 0 Å². The van der Waals surface area contributed by atoms with Gasteiger partial charge in [-0.05, 0) is 31.2 Å². The van der Waals surface area contributed by atoms with Crippen LogP contribution in [0.15, 0.2) is 30.3 Å². The van der Waals surface area contributed by atoms with Gasteiger partial charge in [0.2, 0.25) is 0 Å². The highest BCUT2D eigenvalue weighted by Crippen LogP contribution is 2.23. The van der Waals surface area contributed by atoms with Crippen molar-refractivity contribution in [3.8, 4) is 5.88 Å². The second-order valence-electron chi connectivity index (χ2n) is 5.78. The molecule has 4 nitrogen and oxygen atoms in total. The minimum Gasteiger partial charge on any atom is -0.471 e. The zero-order valence-electron chi connectivity index (χ0n) is 13.6. The van der Waals surface area contributed by atoms with Gasteiger partial charge in [-0.1, -0.05) is 17.7 Å². The fourth-order valence-corrected chi connectivity index (χ4v) is 2.78. The van der Waals surface area contributed by atoms with Crippen LogP contribution < -0.4 is 15.0 Å². The normalized spacial score (nSPS) is 17.1. The molecular formula is C17H19Cl2F2N3O. The lowest BCUT2D eigenvalue weighted by Gasteiger charge is -2.32. The summed E-state index contributed by atoms with van der Waals surface area (Å²) < 4.78 is 33.1. The van der Waals surface area contributed by atoms with Crippen LogP contribution in [0.4, 0.5) is 14.6 Å². The standard InChI is InChI=1S/C17H18ClF2N3O.ClH/c1-11-9-23(7-6-21-11)16-5-4-14(19)17(22-16)24-10-12-2-3-13(18)8-15(12)20;/h2-5,8,11,21H,6-7,9-10H2,1H3;1H. The average molecular weight is 390 g/mol. The minimum atomic E-state index is -0.573. The van der Waals surface area contributed by atoms with E-state index in [0.717, 1.165) is 19.6 Å². The second-order valence-corrected chi connectivity index (χ2v) is 6.22. The highest BCUT2D eigenvalue weighted by atomic mass is 35.5. The van der Waals surface area contributed by atoms with Crippen molar-refractivity contribution in [3.63, 3.8) is 0 Å². The van der Waals surface area contributed by atoms with Crippen LogP contribution in [0.3, 0.4) is 0 Å². The number of nitrogens with one attached hydrogen (secondary N) is 1. The summed E-state index contributed by atoms with van der Waals surface area (Å²) in [5.41, 5.74) is 0.293. The van der Waals surface area contributed by atoms with Crippen LogP contribution in [-0.4, -0.2) is 30.7 Å². The van der Waals surface area contributed by atoms with E-state index >= 15 is 0 Å². The molecule has 1 saturated heterocycles. The third-order valence-electron chi connectivity index (χ3n) is 3.87. The van der Waals surface area contributed by atoms with Crippen molar-refractivity contribution >= 4 is 29.8 Å². The lowest BCUT2D eigenvalue weighted by atomic mass is 10.2. The Morgan fingerprint density at radius 1 is 1.28 bits per heavy atom. The number of ether oxygens (including phenoxy) is 1. The molecule has 1 fully saturated rings. The maximum Gasteiger partial charge on any atom is 0.252 e. The summed E-state index contributed by atoms with van der Waals surface area (Å²) in [5.74, 6) is -0.546. The molecule has 1 aliphatic rings. The predicted octanol–water partition coefficient (Wildman–Crippen LogP) is 3.81. The Morgan fingerprint density at radius 2 is 2.08 bits per heavy atom. The van der Waals surface area contributed by atoms with Crippen LogP contribution in [0.25, 0.3) is 0 Å². The summed E-state index contributed by atoms with van der Waals surface area (Å²) in [6.45, 7) is 4.37. The lowest BCUT2D eigenvalue weighted by molar-refractivity contribution is 0.272. The molecule has 1 atom stereocenters. The summed E-state index contributed by atoms with van der Waals surface area (Å²) in [4.78, 5) is 6.31. The van der Waals surface area contributed by atoms with E-state index in [9.17, 15) is 8.78 Å². The van der Waals surface area contributed by atoms with Crippen molar-refractivity contribution in [3.05, 3.63) is 52.6 Å². The first-order valence-corrected chi connectivity index (χ1v) is 8.12. The van der Waals surface area contributed by atoms with Gasteiger partial charge >= 0.3 is 0 Å². The number of rotatable bonds is 4. The molecule has 1 aromatic heterocycles. The van der Waals surface area contributed by atoms with E-state index in [0.29, 0.717) is 22.4 Å². The smallest absolute Gasteiger partial charge is 0.252 e. The molecule has 136 valence electrons. The van der Waals surface area contributed by atoms with Crippen molar-refractivity contribution < 1.29 is 13.5 Å². The van der Waals surface area contributed by atoms with Gasteiger partial charge in [0.15, 0.2) is 5.82 Å². The quantitative estimate of drug-likeness (QED) is 0.862. The number of hydrogen-bond acceptors (Lipinski definition) is 4. The highest BCUT2D eigenvalue weighted by Gasteiger charge is 2.18. The van der Waals surface area contributed by atoms with Gasteiger partial charge in [-0.15, -0.1) is 12.4 Å². The molecule has 0 spiro atoms. The van der Waals surface area contributed by atoms with Gasteiger partial charge in [0, 0.05) is 36.3 Å². The van der Waals surface area contributed by atoms with E-state index in [1.807, 2.05) is 0 Å². The molecule has 1 aromatic carbocycles. The molecule has 1 N–H and O–H groups in total. The molecule has 3 rings (SSSR count). The van der Waals surface area contributed by atoms with E-state index < -0.39 is 11.6 Å². The molecule has 0 amide bonds. The Balaban J connectivity index is 0.00000225. The Hall–Kier alpha value is -1.63. The largest absolute Gasteiger partial charge is 0.471 e. The molecule has 0 radical (unpaired) electrons. The highest BCUT2D eigenvalue weighted by molar-refractivity contribution is 6.30. The van der Waals surface area contributed by atoms with Gasteiger partial charge in [-0.25, -0.2) is 8.78 Å². The molecule has 1 unspecified atom stereocenters. The molecule has 2 heterocycles. The van der Waals surface area contributed by atoms with Gasteiger partial charge in [0.1, 0.15) is 18.2 Å². The summed E-state index contributed by atoms with van der Waals surface area (Å²) in [6.07, 6.45) is 0. The number of aromatic nitrogens is 1. The maximum absolute atomic E-state index is 13.9. The molecule has 0 bridgehead atoms. The van der Waals surface area contributed by atoms with Crippen LogP contribution in [-0.2, 0) is 6.61 Å². The summed E-state index contributed by atoms with van der Waals surface area (Å²) in [7, 11) is 0. The fourth-order valence-electron chi connectivity index (χ4n) is 2.62. The second kappa shape index (κ2) is 8.65. The maximum atomic E-state index is 13.9. The van der Waals surface area contributed by atoms with Crippen molar-refractivity contribution in [2.75, 3.05) is 24.5 Å². The molecule has 0 aliphatic carbocycles. The Labute approximate surface area is 156 Å². The third kappa shape index (κ3) is 4.93. The molecule has 0 saturated carbocycles. The zero-order valence-corrected chi connectivity index (χ0v) is 15.2. The number of piperazine rings is 1. The number of halogens is 4. The van der Waals surface area contributed by atoms with E-state index in [1.54, 1.807) is 12.1 Å². The lowest BCUT2D eigenvalue weighted by Crippen LogP contribution is -2.49. The molecular weight excluding hydrogens is 371 g/mol. The zero-order chi connectivity index (χ0) is 17.1. The average Bonchev–Trinajstić information content (AvgIpc) is 2.55. The topological polar surface area (TPSA) is 37.4 Å². The first kappa shape index (κ1) is 19.7. The van der Waals surface area contributed by atoms with Gasteiger partial charge in [0.05, 0.1) is 0 Å². The van der Waals surface area contributed by atoms with E-state index in [4.69, 9.17) is 16.3 Å². The van der Waals surface area contributed by atoms with Crippen molar-refractivity contribution in [2.45, 2.75) is 19.6 Å². The summed E-state index contributed by atoms with van der Waals surface area (Å²) in [6, 6.07) is 7.55. The number of nitrogens with zero attached hydrogens (tertiary/aromatic N) is 2. The van der Waals surface area contributed by atoms with E-state index in [2.05, 4.69) is 22.1 Å². The molecule has 1 aliphatic heterocycles. The number of anilines is 1. The number of pyridine rings is 1. The van der Waals surface area contributed by atoms with Crippen LogP contribution in [0, 0.1) is 11.6 Å². The minimum absolute atomic E-state index is 0. The van der Waals surface area contributed by atoms with E-state index in [1.165, 1.54) is 18.2 Å². The van der Waals surface area contributed by atoms with Crippen molar-refractivity contribution in [2.24, 2.45) is 0 Å². The monoisotopic (exact) mass is 389 g/mol. The number of hydrogen-bond donors (Lipinski definition) is 1. The van der Waals surface area contributed by atoms with Crippen LogP contribution in [0.1, 0.15) is 12.5 Å². The SMILES string of the molecule is CC1CN(c2ccc(F)c(OCc3ccc(Cl)cc3F)n2)CCN1.Cl. The Morgan fingerprint density at radius 3 is 2.80 bits per heavy atom. The van der Waals surface area contributed by atoms with Gasteiger partial charge in [-0.2, -0.15) is 4.98 Å². The van der Waals surface area contributed by atoms with Crippen molar-refractivity contribution in [1.82, 2.24) is 10.3 Å². The third-order valence-corrected chi connectivity index (χ3v) is 4.11. The predicted molar refractivity (Wildman–Crippen MR) is 96.9 cm³/mol. The van der Waals surface area contributed by atoms with Crippen LogP contribution in [0.5, 0.6) is 5.88 Å².